The summed E-state index contributed by atoms with van der Waals surface area (Å²) in [4.78, 5) is 38.6. The molecule has 0 saturated carbocycles. The van der Waals surface area contributed by atoms with Gasteiger partial charge in [-0.15, -0.1) is 0 Å². The molecule has 0 fully saturated rings. The third-order valence-corrected chi connectivity index (χ3v) is 10.8. The van der Waals surface area contributed by atoms with Gasteiger partial charge in [0.1, 0.15) is 0 Å². The molecule has 4 aromatic carbocycles. The molecule has 2 aliphatic heterocycles. The minimum absolute atomic E-state index is 0. The van der Waals surface area contributed by atoms with Gasteiger partial charge in [0.15, 0.2) is 0 Å². The van der Waals surface area contributed by atoms with Gasteiger partial charge < -0.3 is 29.9 Å². The van der Waals surface area contributed by atoms with Crippen molar-refractivity contribution in [1.29, 1.82) is 0 Å². The molecule has 8 bridgehead atoms. The normalized spacial score (nSPS) is 11.9. The fourth-order valence-electron chi connectivity index (χ4n) is 5.63. The van der Waals surface area contributed by atoms with Gasteiger partial charge >= 0.3 is 20.4 Å². The Labute approximate surface area is 328 Å². The number of hydrogen-bond acceptors (Lipinski definition) is 6. The van der Waals surface area contributed by atoms with Gasteiger partial charge in [-0.2, -0.15) is 0 Å². The molecule has 7 aromatic rings. The Morgan fingerprint density at radius 1 is 0.306 bits per heavy atom. The summed E-state index contributed by atoms with van der Waals surface area (Å²) in [5.41, 5.74) is 3.38. The summed E-state index contributed by atoms with van der Waals surface area (Å²) in [5.74, 6) is 1.09. The van der Waals surface area contributed by atoms with E-state index in [1.807, 2.05) is 0 Å². The molecule has 0 unspecified atom stereocenters. The van der Waals surface area contributed by atoms with E-state index in [-0.39, 0.29) is 66.3 Å². The maximum absolute atomic E-state index is 6.47. The first-order chi connectivity index (χ1) is 23.0. The number of halogens is 8. The summed E-state index contributed by atoms with van der Waals surface area (Å²) >= 11 is 51.7. The third-order valence-electron chi connectivity index (χ3n) is 7.86. The number of benzene rings is 4. The maximum Gasteiger partial charge on any atom is 2.00 e. The van der Waals surface area contributed by atoms with Gasteiger partial charge in [-0.3, -0.25) is 0 Å². The summed E-state index contributed by atoms with van der Waals surface area (Å²) in [6, 6.07) is 13.4. The van der Waals surface area contributed by atoms with Crippen LogP contribution in [0.4, 0.5) is 0 Å². The van der Waals surface area contributed by atoms with Gasteiger partial charge in [-0.1, -0.05) is 92.8 Å². The van der Waals surface area contributed by atoms with Gasteiger partial charge in [-0.05, 0) is 70.1 Å². The second kappa shape index (κ2) is 12.2. The Bertz CT molecular complexity index is 2430. The van der Waals surface area contributed by atoms with Crippen LogP contribution >= 0.6 is 92.8 Å². The van der Waals surface area contributed by atoms with E-state index in [4.69, 9.17) is 133 Å². The predicted octanol–water partition coefficient (Wildman–Crippen LogP) is 11.4. The Morgan fingerprint density at radius 3 is 0.735 bits per heavy atom. The molecule has 0 saturated heterocycles. The summed E-state index contributed by atoms with van der Waals surface area (Å²) in [7, 11) is 0. The van der Waals surface area contributed by atoms with Crippen LogP contribution in [0.25, 0.3) is 89.7 Å². The smallest absolute Gasteiger partial charge is 0.357 e. The van der Waals surface area contributed by atoms with E-state index in [1.54, 1.807) is 48.5 Å². The van der Waals surface area contributed by atoms with Crippen molar-refractivity contribution in [1.82, 2.24) is 39.9 Å². The van der Waals surface area contributed by atoms with E-state index in [2.05, 4.69) is 0 Å². The first-order valence-electron chi connectivity index (χ1n) is 13.7. The molecule has 0 atom stereocenters. The Morgan fingerprint density at radius 2 is 0.510 bits per heavy atom. The van der Waals surface area contributed by atoms with Crippen LogP contribution in [0.15, 0.2) is 48.5 Å². The van der Waals surface area contributed by atoms with Gasteiger partial charge in [0.25, 0.3) is 0 Å². The molecule has 0 amide bonds. The average molecular weight is 895 g/mol. The van der Waals surface area contributed by atoms with Crippen LogP contribution < -0.4 is 9.97 Å². The van der Waals surface area contributed by atoms with Gasteiger partial charge in [0.2, 0.25) is 0 Å². The zero-order chi connectivity index (χ0) is 33.2. The van der Waals surface area contributed by atoms with Crippen molar-refractivity contribution >= 4 is 137 Å². The number of aromatic nitrogens is 8. The zero-order valence-electron chi connectivity index (χ0n) is 23.5. The van der Waals surface area contributed by atoms with Crippen LogP contribution in [0.1, 0.15) is 0 Å². The Balaban J connectivity index is 0.00000348. The molecule has 8 nitrogen and oxygen atoms in total. The second-order valence-electron chi connectivity index (χ2n) is 10.7. The van der Waals surface area contributed by atoms with Crippen molar-refractivity contribution in [3.8, 4) is 45.6 Å². The van der Waals surface area contributed by atoms with Crippen LogP contribution in [-0.2, 0) is 20.4 Å². The molecular weight excluding hydrogens is 886 g/mol. The van der Waals surface area contributed by atoms with Crippen LogP contribution in [0.3, 0.4) is 0 Å². The molecule has 0 spiro atoms. The molecule has 17 heteroatoms. The monoisotopic (exact) mass is 890 g/mol. The molecule has 0 N–H and O–H groups in total. The number of nitrogens with zero attached hydrogens (tertiary/aromatic N) is 8. The Hall–Kier alpha value is -2.78. The fraction of sp³-hybridized carbons (Fsp3) is 0. The minimum Gasteiger partial charge on any atom is -0.357 e. The van der Waals surface area contributed by atoms with Crippen molar-refractivity contribution in [2.45, 2.75) is 0 Å². The van der Waals surface area contributed by atoms with Crippen LogP contribution in [0.5, 0.6) is 0 Å². The summed E-state index contributed by atoms with van der Waals surface area (Å²) < 4.78 is 0. The summed E-state index contributed by atoms with van der Waals surface area (Å²) in [6.45, 7) is 0. The topological polar surface area (TPSA) is 106 Å². The molecular formula is C32H8Cl8N8Pd. The molecule has 242 valence electrons. The van der Waals surface area contributed by atoms with Gasteiger partial charge in [0.05, 0.1) is 63.5 Å². The van der Waals surface area contributed by atoms with Crippen molar-refractivity contribution in [2.24, 2.45) is 0 Å². The fourth-order valence-corrected chi connectivity index (χ4v) is 6.94. The molecule has 2 aliphatic rings. The zero-order valence-corrected chi connectivity index (χ0v) is 31.1. The first kappa shape index (κ1) is 33.4. The van der Waals surface area contributed by atoms with Crippen LogP contribution in [0, 0.1) is 0 Å². The van der Waals surface area contributed by atoms with Crippen molar-refractivity contribution in [2.75, 3.05) is 0 Å². The predicted molar refractivity (Wildman–Crippen MR) is 194 cm³/mol. The van der Waals surface area contributed by atoms with E-state index >= 15 is 0 Å². The number of fused-ring (bicyclic) bond motifs is 20. The second-order valence-corrected chi connectivity index (χ2v) is 14.0. The molecule has 9 rings (SSSR count). The SMILES string of the molecule is Clc1cc2c(cc1Cl)-c1nc-2nc2[n-]c(nc3nc(nc4[n-]c(n1)c1cc(Cl)c(Cl)cc41)-c1cc(Cl)c(Cl)cc1-3)c1cc(Cl)c(Cl)cc21.[Pd+2]. The van der Waals surface area contributed by atoms with E-state index < -0.39 is 0 Å². The molecule has 3 aromatic heterocycles. The van der Waals surface area contributed by atoms with Gasteiger partial charge in [-0.25, -0.2) is 9.97 Å². The van der Waals surface area contributed by atoms with E-state index in [0.717, 1.165) is 0 Å². The van der Waals surface area contributed by atoms with E-state index in [9.17, 15) is 0 Å². The molecule has 5 heterocycles. The minimum atomic E-state index is 0. The first-order valence-corrected chi connectivity index (χ1v) is 16.7. The van der Waals surface area contributed by atoms with Crippen molar-refractivity contribution < 1.29 is 20.4 Å². The van der Waals surface area contributed by atoms with Gasteiger partial charge in [0, 0.05) is 44.8 Å². The largest absolute Gasteiger partial charge is 2.00 e. The quantitative estimate of drug-likeness (QED) is 0.139. The summed E-state index contributed by atoms with van der Waals surface area (Å²) in [6.07, 6.45) is 0. The number of hydrogen-bond donors (Lipinski definition) is 0. The van der Waals surface area contributed by atoms with Crippen LogP contribution in [-0.4, -0.2) is 29.9 Å². The molecule has 49 heavy (non-hydrogen) atoms. The van der Waals surface area contributed by atoms with Crippen LogP contribution in [0.2, 0.25) is 40.2 Å². The van der Waals surface area contributed by atoms with Crippen molar-refractivity contribution in [3.63, 3.8) is 0 Å². The molecule has 0 aliphatic carbocycles. The average Bonchev–Trinajstić information content (AvgIpc) is 3.74. The molecule has 0 radical (unpaired) electrons. The standard InChI is InChI=1S/C32H8Cl8N8.Pd/c33-17-1-9-10(2-18(17)34)26-41-25(9)45-27-11-3-19(35)20(36)4-12(11)29(42-27)47-31-15-7-23(39)24(40)8-16(15)32(44-31)48-30-14-6-22(38)21(37)5-13(14)28(43-30)46-26;/h1-8H;/q-2;+2. The van der Waals surface area contributed by atoms with E-state index in [0.29, 0.717) is 84.0 Å². The third kappa shape index (κ3) is 5.39. The number of rotatable bonds is 0. The summed E-state index contributed by atoms with van der Waals surface area (Å²) in [5, 5.41) is 4.73. The maximum atomic E-state index is 6.47. The van der Waals surface area contributed by atoms with E-state index in [1.165, 1.54) is 0 Å². The van der Waals surface area contributed by atoms with Crippen molar-refractivity contribution in [3.05, 3.63) is 88.7 Å². The Kier molecular flexibility index (Phi) is 8.29.